The average Bonchev–Trinajstić information content (AvgIpc) is 2.42. The molecule has 2 heteroatoms. The van der Waals surface area contributed by atoms with Gasteiger partial charge in [-0.2, -0.15) is 0 Å². The molecule has 0 atom stereocenters. The lowest BCUT2D eigenvalue weighted by atomic mass is 10.1. The molecule has 110 valence electrons. The molecule has 0 bridgehead atoms. The van der Waals surface area contributed by atoms with Crippen LogP contribution in [-0.4, -0.2) is 12.6 Å². The van der Waals surface area contributed by atoms with E-state index in [4.69, 9.17) is 4.74 Å². The first-order valence-electron chi connectivity index (χ1n) is 7.92. The summed E-state index contributed by atoms with van der Waals surface area (Å²) in [7, 11) is 0. The lowest BCUT2D eigenvalue weighted by Crippen LogP contribution is -2.05. The quantitative estimate of drug-likeness (QED) is 0.303. The molecule has 0 aliphatic heterocycles. The highest BCUT2D eigenvalue weighted by atomic mass is 16.5. The molecule has 0 aromatic carbocycles. The minimum Gasteiger partial charge on any atom is -0.466 e. The van der Waals surface area contributed by atoms with Gasteiger partial charge in [0.1, 0.15) is 0 Å². The molecule has 0 saturated heterocycles. The van der Waals surface area contributed by atoms with Gasteiger partial charge < -0.3 is 4.74 Å². The van der Waals surface area contributed by atoms with E-state index in [-0.39, 0.29) is 5.97 Å². The minimum atomic E-state index is -0.0312. The second-order valence-electron chi connectivity index (χ2n) is 4.90. The average molecular weight is 266 g/mol. The number of esters is 1. The SMILES string of the molecule is CCC#CCCCCCCCCOC(=O)CCCC. The maximum Gasteiger partial charge on any atom is 0.305 e. The van der Waals surface area contributed by atoms with Gasteiger partial charge in [-0.25, -0.2) is 0 Å². The van der Waals surface area contributed by atoms with Crippen molar-refractivity contribution in [2.45, 2.75) is 84.5 Å². The van der Waals surface area contributed by atoms with Gasteiger partial charge in [-0.3, -0.25) is 4.79 Å². The Balaban J connectivity index is 3.12. The van der Waals surface area contributed by atoms with Crippen molar-refractivity contribution in [1.29, 1.82) is 0 Å². The highest BCUT2D eigenvalue weighted by molar-refractivity contribution is 5.69. The second kappa shape index (κ2) is 15.1. The fraction of sp³-hybridized carbons (Fsp3) is 0.824. The normalized spacial score (nSPS) is 9.79. The summed E-state index contributed by atoms with van der Waals surface area (Å²) in [6.07, 6.45) is 11.8. The van der Waals surface area contributed by atoms with Crippen molar-refractivity contribution in [2.24, 2.45) is 0 Å². The van der Waals surface area contributed by atoms with Crippen LogP contribution in [0.2, 0.25) is 0 Å². The van der Waals surface area contributed by atoms with E-state index >= 15 is 0 Å². The van der Waals surface area contributed by atoms with Gasteiger partial charge in [-0.1, -0.05) is 46.0 Å². The summed E-state index contributed by atoms with van der Waals surface area (Å²) < 4.78 is 5.16. The van der Waals surface area contributed by atoms with E-state index in [0.717, 1.165) is 32.1 Å². The Labute approximate surface area is 119 Å². The summed E-state index contributed by atoms with van der Waals surface area (Å²) in [4.78, 5) is 11.2. The van der Waals surface area contributed by atoms with Crippen molar-refractivity contribution in [3.63, 3.8) is 0 Å². The van der Waals surface area contributed by atoms with Crippen LogP contribution in [0.1, 0.15) is 84.5 Å². The molecule has 0 aliphatic rings. The summed E-state index contributed by atoms with van der Waals surface area (Å²) in [6, 6.07) is 0. The molecule has 0 unspecified atom stereocenters. The number of ether oxygens (including phenoxy) is 1. The Morgan fingerprint density at radius 1 is 0.895 bits per heavy atom. The summed E-state index contributed by atoms with van der Waals surface area (Å²) in [5.41, 5.74) is 0. The molecule has 0 spiro atoms. The van der Waals surface area contributed by atoms with E-state index < -0.39 is 0 Å². The molecule has 0 aromatic rings. The van der Waals surface area contributed by atoms with Crippen molar-refractivity contribution < 1.29 is 9.53 Å². The van der Waals surface area contributed by atoms with E-state index in [0.29, 0.717) is 13.0 Å². The maximum absolute atomic E-state index is 11.2. The number of carbonyl (C=O) groups is 1. The summed E-state index contributed by atoms with van der Waals surface area (Å²) in [6.45, 7) is 4.77. The Hall–Kier alpha value is -0.970. The van der Waals surface area contributed by atoms with Gasteiger partial charge in [0.2, 0.25) is 0 Å². The van der Waals surface area contributed by atoms with Gasteiger partial charge in [-0.05, 0) is 19.3 Å². The molecule has 0 amide bonds. The summed E-state index contributed by atoms with van der Waals surface area (Å²) >= 11 is 0. The number of hydrogen-bond acceptors (Lipinski definition) is 2. The van der Waals surface area contributed by atoms with Crippen LogP contribution in [0.4, 0.5) is 0 Å². The first kappa shape index (κ1) is 18.0. The van der Waals surface area contributed by atoms with Crippen molar-refractivity contribution in [2.75, 3.05) is 6.61 Å². The zero-order valence-corrected chi connectivity index (χ0v) is 12.8. The minimum absolute atomic E-state index is 0.0312. The molecule has 0 aromatic heterocycles. The van der Waals surface area contributed by atoms with Gasteiger partial charge in [0, 0.05) is 19.3 Å². The first-order chi connectivity index (χ1) is 9.31. The lowest BCUT2D eigenvalue weighted by molar-refractivity contribution is -0.143. The van der Waals surface area contributed by atoms with Crippen LogP contribution in [0.25, 0.3) is 0 Å². The lowest BCUT2D eigenvalue weighted by Gasteiger charge is -2.04. The summed E-state index contributed by atoms with van der Waals surface area (Å²) in [5.74, 6) is 6.23. The van der Waals surface area contributed by atoms with Crippen LogP contribution in [0.3, 0.4) is 0 Å². The smallest absolute Gasteiger partial charge is 0.305 e. The molecular weight excluding hydrogens is 236 g/mol. The molecule has 0 aliphatic carbocycles. The molecular formula is C17H30O2. The molecule has 0 saturated carbocycles. The molecule has 0 radical (unpaired) electrons. The topological polar surface area (TPSA) is 26.3 Å². The van der Waals surface area contributed by atoms with Gasteiger partial charge >= 0.3 is 5.97 Å². The Morgan fingerprint density at radius 3 is 2.26 bits per heavy atom. The van der Waals surface area contributed by atoms with E-state index in [1.165, 1.54) is 32.1 Å². The van der Waals surface area contributed by atoms with E-state index in [2.05, 4.69) is 25.7 Å². The van der Waals surface area contributed by atoms with Crippen molar-refractivity contribution in [3.05, 3.63) is 0 Å². The number of carbonyl (C=O) groups excluding carboxylic acids is 1. The van der Waals surface area contributed by atoms with Crippen LogP contribution in [0, 0.1) is 11.8 Å². The van der Waals surface area contributed by atoms with Gasteiger partial charge in [0.25, 0.3) is 0 Å². The van der Waals surface area contributed by atoms with Crippen molar-refractivity contribution >= 4 is 5.97 Å². The van der Waals surface area contributed by atoms with Crippen LogP contribution in [-0.2, 0) is 9.53 Å². The third kappa shape index (κ3) is 15.0. The van der Waals surface area contributed by atoms with Crippen molar-refractivity contribution in [1.82, 2.24) is 0 Å². The number of unbranched alkanes of at least 4 members (excludes halogenated alkanes) is 7. The van der Waals surface area contributed by atoms with Crippen LogP contribution in [0.15, 0.2) is 0 Å². The standard InChI is InChI=1S/C17H30O2/c1-3-5-7-8-9-10-11-12-13-14-16-19-17(18)15-6-4-2/h3-4,6,8-16H2,1-2H3. The Bertz CT molecular complexity index is 260. The first-order valence-corrected chi connectivity index (χ1v) is 7.92. The fourth-order valence-corrected chi connectivity index (χ4v) is 1.82. The van der Waals surface area contributed by atoms with E-state index in [1.54, 1.807) is 0 Å². The van der Waals surface area contributed by atoms with E-state index in [9.17, 15) is 4.79 Å². The van der Waals surface area contributed by atoms with Crippen molar-refractivity contribution in [3.8, 4) is 11.8 Å². The number of hydrogen-bond donors (Lipinski definition) is 0. The van der Waals surface area contributed by atoms with Crippen LogP contribution >= 0.6 is 0 Å². The number of rotatable bonds is 11. The van der Waals surface area contributed by atoms with Gasteiger partial charge in [0.05, 0.1) is 6.61 Å². The van der Waals surface area contributed by atoms with Gasteiger partial charge in [-0.15, -0.1) is 11.8 Å². The third-order valence-electron chi connectivity index (χ3n) is 3.00. The molecule has 0 fully saturated rings. The molecule has 0 heterocycles. The maximum atomic E-state index is 11.2. The predicted molar refractivity (Wildman–Crippen MR) is 80.9 cm³/mol. The van der Waals surface area contributed by atoms with Crippen LogP contribution < -0.4 is 0 Å². The highest BCUT2D eigenvalue weighted by Gasteiger charge is 2.00. The van der Waals surface area contributed by atoms with Crippen LogP contribution in [0.5, 0.6) is 0 Å². The molecule has 19 heavy (non-hydrogen) atoms. The Kier molecular flexibility index (Phi) is 14.3. The molecule has 0 N–H and O–H groups in total. The highest BCUT2D eigenvalue weighted by Crippen LogP contribution is 2.07. The monoisotopic (exact) mass is 266 g/mol. The second-order valence-corrected chi connectivity index (χ2v) is 4.90. The van der Waals surface area contributed by atoms with Gasteiger partial charge in [0.15, 0.2) is 0 Å². The molecule has 0 rings (SSSR count). The molecule has 2 nitrogen and oxygen atoms in total. The largest absolute Gasteiger partial charge is 0.466 e. The predicted octanol–water partition coefficient (Wildman–Crippen LogP) is 4.86. The zero-order valence-electron chi connectivity index (χ0n) is 12.8. The fourth-order valence-electron chi connectivity index (χ4n) is 1.82. The zero-order chi connectivity index (χ0) is 14.2. The summed E-state index contributed by atoms with van der Waals surface area (Å²) in [5, 5.41) is 0. The Morgan fingerprint density at radius 2 is 1.58 bits per heavy atom. The van der Waals surface area contributed by atoms with E-state index in [1.807, 2.05) is 0 Å². The third-order valence-corrected chi connectivity index (χ3v) is 3.00.